The summed E-state index contributed by atoms with van der Waals surface area (Å²) in [6.45, 7) is 6.73. The Morgan fingerprint density at radius 3 is 2.29 bits per heavy atom. The molecule has 9 nitrogen and oxygen atoms in total. The van der Waals surface area contributed by atoms with Crippen molar-refractivity contribution in [3.8, 4) is 11.5 Å². The Bertz CT molecular complexity index is 1930. The van der Waals surface area contributed by atoms with Gasteiger partial charge in [-0.05, 0) is 70.8 Å². The van der Waals surface area contributed by atoms with Gasteiger partial charge in [0.05, 0.1) is 25.6 Å². The highest BCUT2D eigenvalue weighted by molar-refractivity contribution is 7.85. The maximum Gasteiger partial charge on any atom is 0.296 e. The van der Waals surface area contributed by atoms with E-state index in [1.807, 2.05) is 81.6 Å². The average molecular weight is 627 g/mol. The van der Waals surface area contributed by atoms with E-state index in [9.17, 15) is 13.8 Å². The van der Waals surface area contributed by atoms with Gasteiger partial charge < -0.3 is 29.8 Å². The number of fused-ring (bicyclic) bond motifs is 2. The van der Waals surface area contributed by atoms with Gasteiger partial charge in [-0.2, -0.15) is 0 Å². The highest BCUT2D eigenvalue weighted by Gasteiger charge is 2.25. The standard InChI is InChI=1S/C35H38N4O5S/c1-35(2,3)22-17-30(33(44-5)31(18-22)39-45(6)42)38-34(41)32(40)26-12-14-28(25-10-8-7-9-24(25)26)36-16-15-21-20-37-29-13-11-23(43-4)19-27(21)29/h7-14,17-20,36-37,39H,15-16H2,1-6H3,(H,38,41). The molecule has 1 heterocycles. The molecule has 1 atom stereocenters. The number of methoxy groups -OCH3 is 2. The zero-order valence-electron chi connectivity index (χ0n) is 26.3. The monoisotopic (exact) mass is 626 g/mol. The second kappa shape index (κ2) is 13.0. The first-order chi connectivity index (χ1) is 21.5. The first-order valence-corrected chi connectivity index (χ1v) is 16.1. The molecular formula is C35H38N4O5S. The third kappa shape index (κ3) is 6.81. The van der Waals surface area contributed by atoms with Crippen molar-refractivity contribution in [1.29, 1.82) is 0 Å². The Hall–Kier alpha value is -4.83. The lowest BCUT2D eigenvalue weighted by atomic mass is 9.86. The van der Waals surface area contributed by atoms with E-state index >= 15 is 0 Å². The van der Waals surface area contributed by atoms with Crippen LogP contribution in [0, 0.1) is 0 Å². The van der Waals surface area contributed by atoms with Crippen LogP contribution in [-0.4, -0.2) is 47.9 Å². The molecular weight excluding hydrogens is 588 g/mol. The van der Waals surface area contributed by atoms with Crippen LogP contribution in [0.15, 0.2) is 72.9 Å². The van der Waals surface area contributed by atoms with E-state index < -0.39 is 22.7 Å². The first-order valence-electron chi connectivity index (χ1n) is 14.6. The van der Waals surface area contributed by atoms with Crippen LogP contribution in [0.5, 0.6) is 11.5 Å². The van der Waals surface area contributed by atoms with E-state index in [1.165, 1.54) is 18.9 Å². The van der Waals surface area contributed by atoms with Gasteiger partial charge in [0.15, 0.2) is 5.75 Å². The van der Waals surface area contributed by atoms with Crippen molar-refractivity contribution >= 4 is 61.4 Å². The second-order valence-electron chi connectivity index (χ2n) is 11.8. The number of Topliss-reactive ketones (excluding diaryl/α,β-unsaturated/α-hetero) is 1. The van der Waals surface area contributed by atoms with Gasteiger partial charge in [-0.25, -0.2) is 4.21 Å². The lowest BCUT2D eigenvalue weighted by Gasteiger charge is -2.23. The minimum Gasteiger partial charge on any atom is -0.497 e. The molecule has 234 valence electrons. The van der Waals surface area contributed by atoms with Gasteiger partial charge in [0.25, 0.3) is 11.7 Å². The van der Waals surface area contributed by atoms with E-state index in [1.54, 1.807) is 19.2 Å². The normalized spacial score (nSPS) is 12.1. The molecule has 0 aliphatic heterocycles. The summed E-state index contributed by atoms with van der Waals surface area (Å²) in [6.07, 6.45) is 4.29. The van der Waals surface area contributed by atoms with Gasteiger partial charge in [-0.3, -0.25) is 9.59 Å². The number of anilines is 3. The van der Waals surface area contributed by atoms with E-state index in [0.717, 1.165) is 39.7 Å². The summed E-state index contributed by atoms with van der Waals surface area (Å²) < 4.78 is 25.9. The van der Waals surface area contributed by atoms with Crippen LogP contribution in [0.1, 0.15) is 42.3 Å². The molecule has 0 fully saturated rings. The predicted molar refractivity (Wildman–Crippen MR) is 183 cm³/mol. The number of benzene rings is 4. The summed E-state index contributed by atoms with van der Waals surface area (Å²) in [5.74, 6) is -0.385. The predicted octanol–water partition coefficient (Wildman–Crippen LogP) is 6.82. The van der Waals surface area contributed by atoms with Gasteiger partial charge in [0, 0.05) is 46.5 Å². The molecule has 4 N–H and O–H groups in total. The van der Waals surface area contributed by atoms with Gasteiger partial charge in [0.2, 0.25) is 0 Å². The number of hydrogen-bond acceptors (Lipinski definition) is 6. The van der Waals surface area contributed by atoms with Crippen LogP contribution < -0.4 is 24.8 Å². The summed E-state index contributed by atoms with van der Waals surface area (Å²) in [5.41, 5.74) is 4.72. The van der Waals surface area contributed by atoms with Crippen molar-refractivity contribution in [2.24, 2.45) is 0 Å². The number of H-pyrrole nitrogens is 1. The minimum absolute atomic E-state index is 0.288. The lowest BCUT2D eigenvalue weighted by molar-refractivity contribution is -0.112. The van der Waals surface area contributed by atoms with Crippen LogP contribution in [0.25, 0.3) is 21.7 Å². The average Bonchev–Trinajstić information content (AvgIpc) is 3.41. The molecule has 45 heavy (non-hydrogen) atoms. The maximum atomic E-state index is 13.6. The number of aromatic nitrogens is 1. The molecule has 10 heteroatoms. The molecule has 1 amide bonds. The smallest absolute Gasteiger partial charge is 0.296 e. The van der Waals surface area contributed by atoms with Gasteiger partial charge in [-0.1, -0.05) is 45.0 Å². The molecule has 0 saturated carbocycles. The molecule has 0 bridgehead atoms. The quantitative estimate of drug-likeness (QED) is 0.0944. The van der Waals surface area contributed by atoms with Crippen molar-refractivity contribution < 1.29 is 23.3 Å². The van der Waals surface area contributed by atoms with Gasteiger partial charge >= 0.3 is 0 Å². The van der Waals surface area contributed by atoms with Crippen molar-refractivity contribution in [3.05, 3.63) is 89.6 Å². The van der Waals surface area contributed by atoms with E-state index in [-0.39, 0.29) is 16.7 Å². The summed E-state index contributed by atoms with van der Waals surface area (Å²) in [6, 6.07) is 20.6. The van der Waals surface area contributed by atoms with Gasteiger partial charge in [0.1, 0.15) is 16.7 Å². The zero-order valence-corrected chi connectivity index (χ0v) is 27.1. The number of hydrogen-bond donors (Lipinski definition) is 4. The fraction of sp³-hybridized carbons (Fsp3) is 0.257. The maximum absolute atomic E-state index is 13.6. The molecule has 0 radical (unpaired) electrons. The summed E-state index contributed by atoms with van der Waals surface area (Å²) in [7, 11) is 1.73. The van der Waals surface area contributed by atoms with Crippen LogP contribution in [0.3, 0.4) is 0 Å². The number of nitrogens with one attached hydrogen (secondary N) is 4. The van der Waals surface area contributed by atoms with Crippen molar-refractivity contribution in [1.82, 2.24) is 4.98 Å². The fourth-order valence-electron chi connectivity index (χ4n) is 5.38. The summed E-state index contributed by atoms with van der Waals surface area (Å²) in [5, 5.41) is 8.88. The number of rotatable bonds is 11. The zero-order chi connectivity index (χ0) is 32.3. The highest BCUT2D eigenvalue weighted by Crippen LogP contribution is 2.39. The molecule has 0 aliphatic carbocycles. The van der Waals surface area contributed by atoms with E-state index in [0.29, 0.717) is 23.3 Å². The number of aromatic amines is 1. The fourth-order valence-corrected chi connectivity index (χ4v) is 5.84. The summed E-state index contributed by atoms with van der Waals surface area (Å²) >= 11 is 0. The first kappa shape index (κ1) is 31.6. The molecule has 1 unspecified atom stereocenters. The van der Waals surface area contributed by atoms with Crippen molar-refractivity contribution in [3.63, 3.8) is 0 Å². The number of carbonyl (C=O) groups is 2. The topological polar surface area (TPSA) is 122 Å². The van der Waals surface area contributed by atoms with Crippen LogP contribution in [0.2, 0.25) is 0 Å². The van der Waals surface area contributed by atoms with Gasteiger partial charge in [-0.15, -0.1) is 0 Å². The molecule has 4 aromatic carbocycles. The third-order valence-corrected chi connectivity index (χ3v) is 8.23. The Kier molecular flexibility index (Phi) is 9.15. The van der Waals surface area contributed by atoms with E-state index in [4.69, 9.17) is 9.47 Å². The number of amides is 1. The second-order valence-corrected chi connectivity index (χ2v) is 12.9. The number of ether oxygens (including phenoxy) is 2. The number of carbonyl (C=O) groups excluding carboxylic acids is 2. The van der Waals surface area contributed by atoms with E-state index in [2.05, 4.69) is 20.3 Å². The summed E-state index contributed by atoms with van der Waals surface area (Å²) in [4.78, 5) is 30.4. The number of ketones is 1. The molecule has 0 saturated heterocycles. The van der Waals surface area contributed by atoms with Crippen molar-refractivity contribution in [2.45, 2.75) is 32.6 Å². The SMILES string of the molecule is COc1ccc2[nH]cc(CCNc3ccc(C(=O)C(=O)Nc4cc(C(C)(C)C)cc(NS(C)=O)c4OC)c4ccccc34)c2c1. The van der Waals surface area contributed by atoms with Crippen LogP contribution in [-0.2, 0) is 27.6 Å². The van der Waals surface area contributed by atoms with Crippen LogP contribution in [0.4, 0.5) is 17.1 Å². The minimum atomic E-state index is -1.38. The Balaban J connectivity index is 1.39. The molecule has 5 rings (SSSR count). The molecule has 0 spiro atoms. The molecule has 5 aromatic rings. The largest absolute Gasteiger partial charge is 0.497 e. The Labute approximate surface area is 265 Å². The third-order valence-electron chi connectivity index (χ3n) is 7.72. The van der Waals surface area contributed by atoms with Crippen LogP contribution >= 0.6 is 0 Å². The lowest BCUT2D eigenvalue weighted by Crippen LogP contribution is -2.24. The Morgan fingerprint density at radius 2 is 1.60 bits per heavy atom. The van der Waals surface area contributed by atoms with Crippen molar-refractivity contribution in [2.75, 3.05) is 42.4 Å². The Morgan fingerprint density at radius 1 is 0.867 bits per heavy atom. The molecule has 0 aliphatic rings. The highest BCUT2D eigenvalue weighted by atomic mass is 32.2. The molecule has 1 aromatic heterocycles.